The lowest BCUT2D eigenvalue weighted by Gasteiger charge is -2.30. The Balaban J connectivity index is 1.87. The Morgan fingerprint density at radius 1 is 1.10 bits per heavy atom. The molecular formula is C21H23F3N2O4S. The number of carbonyl (C=O) groups is 1. The van der Waals surface area contributed by atoms with Gasteiger partial charge in [-0.2, -0.15) is 4.31 Å². The van der Waals surface area contributed by atoms with Gasteiger partial charge in [0.25, 0.3) is 5.91 Å². The predicted octanol–water partition coefficient (Wildman–Crippen LogP) is 4.21. The van der Waals surface area contributed by atoms with Crippen LogP contribution in [0.3, 0.4) is 0 Å². The predicted molar refractivity (Wildman–Crippen MR) is 110 cm³/mol. The lowest BCUT2D eigenvalue weighted by molar-refractivity contribution is -0.274. The Bertz CT molecular complexity index is 1050. The number of halogens is 3. The molecule has 31 heavy (non-hydrogen) atoms. The fraction of sp³-hybridized carbons (Fsp3) is 0.381. The van der Waals surface area contributed by atoms with Crippen molar-refractivity contribution in [2.75, 3.05) is 24.5 Å². The van der Waals surface area contributed by atoms with Gasteiger partial charge < -0.3 is 9.64 Å². The summed E-state index contributed by atoms with van der Waals surface area (Å²) in [7, 11) is -3.62. The third-order valence-corrected chi connectivity index (χ3v) is 7.14. The minimum absolute atomic E-state index is 0.179. The first-order valence-electron chi connectivity index (χ1n) is 9.87. The van der Waals surface area contributed by atoms with E-state index in [1.54, 1.807) is 26.0 Å². The summed E-state index contributed by atoms with van der Waals surface area (Å²) in [4.78, 5) is 14.7. The monoisotopic (exact) mass is 456 g/mol. The molecule has 0 spiro atoms. The van der Waals surface area contributed by atoms with Gasteiger partial charge in [-0.3, -0.25) is 4.79 Å². The second-order valence-corrected chi connectivity index (χ2v) is 8.95. The Hall–Kier alpha value is -2.59. The van der Waals surface area contributed by atoms with Crippen molar-refractivity contribution in [3.05, 3.63) is 53.6 Å². The normalized spacial score (nSPS) is 14.5. The zero-order valence-electron chi connectivity index (χ0n) is 17.1. The van der Waals surface area contributed by atoms with Crippen molar-refractivity contribution in [2.24, 2.45) is 0 Å². The van der Waals surface area contributed by atoms with Crippen LogP contribution in [0.2, 0.25) is 0 Å². The first kappa shape index (κ1) is 23.1. The standard InChI is InChI=1S/C21H23F3N2O4S/c1-3-25(4-2)31(28,29)18-11-12-19-16(14-18)6-5-13-26(19)20(27)15-7-9-17(10-8-15)30-21(22,23)24/h7-12,14H,3-6,13H2,1-2H3. The van der Waals surface area contributed by atoms with E-state index in [-0.39, 0.29) is 16.4 Å². The van der Waals surface area contributed by atoms with E-state index in [1.807, 2.05) is 0 Å². The van der Waals surface area contributed by atoms with Crippen LogP contribution in [-0.2, 0) is 16.4 Å². The fourth-order valence-corrected chi connectivity index (χ4v) is 5.12. The van der Waals surface area contributed by atoms with Crippen LogP contribution in [0.4, 0.5) is 18.9 Å². The molecule has 168 valence electrons. The number of hydrogen-bond acceptors (Lipinski definition) is 4. The molecule has 3 rings (SSSR count). The molecule has 1 amide bonds. The fourth-order valence-electron chi connectivity index (χ4n) is 3.61. The number of nitrogens with zero attached hydrogens (tertiary/aromatic N) is 2. The van der Waals surface area contributed by atoms with Crippen molar-refractivity contribution in [2.45, 2.75) is 37.9 Å². The van der Waals surface area contributed by atoms with E-state index in [0.717, 1.165) is 17.7 Å². The van der Waals surface area contributed by atoms with E-state index in [4.69, 9.17) is 0 Å². The number of sulfonamides is 1. The maximum atomic E-state index is 13.0. The van der Waals surface area contributed by atoms with Gasteiger partial charge in [0.1, 0.15) is 5.75 Å². The Labute approximate surface area is 179 Å². The Morgan fingerprint density at radius 3 is 2.32 bits per heavy atom. The molecule has 0 saturated heterocycles. The number of aryl methyl sites for hydroxylation is 1. The van der Waals surface area contributed by atoms with E-state index in [2.05, 4.69) is 4.74 Å². The number of rotatable bonds is 6. The van der Waals surface area contributed by atoms with Gasteiger partial charge in [0, 0.05) is 30.9 Å². The smallest absolute Gasteiger partial charge is 0.406 e. The van der Waals surface area contributed by atoms with Crippen LogP contribution in [0.5, 0.6) is 5.75 Å². The van der Waals surface area contributed by atoms with Crippen molar-refractivity contribution >= 4 is 21.6 Å². The molecule has 0 N–H and O–H groups in total. The van der Waals surface area contributed by atoms with Gasteiger partial charge in [-0.15, -0.1) is 13.2 Å². The molecule has 0 aromatic heterocycles. The average molecular weight is 456 g/mol. The van der Waals surface area contributed by atoms with Gasteiger partial charge in [-0.25, -0.2) is 8.42 Å². The zero-order chi connectivity index (χ0) is 22.8. The maximum Gasteiger partial charge on any atom is 0.573 e. The lowest BCUT2D eigenvalue weighted by Crippen LogP contribution is -2.36. The number of ether oxygens (including phenoxy) is 1. The lowest BCUT2D eigenvalue weighted by atomic mass is 10.0. The highest BCUT2D eigenvalue weighted by atomic mass is 32.2. The third-order valence-electron chi connectivity index (χ3n) is 5.09. The van der Waals surface area contributed by atoms with Crippen LogP contribution in [0, 0.1) is 0 Å². The van der Waals surface area contributed by atoms with Gasteiger partial charge in [-0.05, 0) is 60.9 Å². The quantitative estimate of drug-likeness (QED) is 0.653. The number of alkyl halides is 3. The SMILES string of the molecule is CCN(CC)S(=O)(=O)c1ccc2c(c1)CCCN2C(=O)c1ccc(OC(F)(F)F)cc1. The molecule has 0 fully saturated rings. The Kier molecular flexibility index (Phi) is 6.61. The molecule has 0 saturated carbocycles. The second-order valence-electron chi connectivity index (χ2n) is 7.01. The topological polar surface area (TPSA) is 66.9 Å². The highest BCUT2D eigenvalue weighted by molar-refractivity contribution is 7.89. The summed E-state index contributed by atoms with van der Waals surface area (Å²) in [6.07, 6.45) is -3.54. The summed E-state index contributed by atoms with van der Waals surface area (Å²) in [5.74, 6) is -0.784. The number of hydrogen-bond donors (Lipinski definition) is 0. The van der Waals surface area contributed by atoms with Gasteiger partial charge >= 0.3 is 6.36 Å². The number of benzene rings is 2. The molecule has 2 aromatic rings. The van der Waals surface area contributed by atoms with Gasteiger partial charge in [0.2, 0.25) is 10.0 Å². The summed E-state index contributed by atoms with van der Waals surface area (Å²) >= 11 is 0. The molecule has 0 aliphatic carbocycles. The van der Waals surface area contributed by atoms with Crippen molar-refractivity contribution < 1.29 is 31.1 Å². The van der Waals surface area contributed by atoms with Gasteiger partial charge in [0.05, 0.1) is 4.90 Å². The molecule has 0 radical (unpaired) electrons. The van der Waals surface area contributed by atoms with E-state index >= 15 is 0 Å². The Morgan fingerprint density at radius 2 is 1.74 bits per heavy atom. The summed E-state index contributed by atoms with van der Waals surface area (Å²) in [5.41, 5.74) is 1.55. The molecule has 2 aromatic carbocycles. The van der Waals surface area contributed by atoms with Crippen LogP contribution >= 0.6 is 0 Å². The van der Waals surface area contributed by atoms with Gasteiger partial charge in [-0.1, -0.05) is 13.8 Å². The largest absolute Gasteiger partial charge is 0.573 e. The van der Waals surface area contributed by atoms with Crippen LogP contribution in [0.1, 0.15) is 36.2 Å². The van der Waals surface area contributed by atoms with Gasteiger partial charge in [0.15, 0.2) is 0 Å². The molecule has 6 nitrogen and oxygen atoms in total. The second kappa shape index (κ2) is 8.88. The molecule has 0 unspecified atom stereocenters. The molecule has 10 heteroatoms. The highest BCUT2D eigenvalue weighted by Crippen LogP contribution is 2.32. The first-order chi connectivity index (χ1) is 14.6. The molecule has 1 aliphatic rings. The number of amides is 1. The summed E-state index contributed by atoms with van der Waals surface area (Å²) in [5, 5.41) is 0. The van der Waals surface area contributed by atoms with E-state index in [9.17, 15) is 26.4 Å². The van der Waals surface area contributed by atoms with Crippen LogP contribution in [-0.4, -0.2) is 44.6 Å². The summed E-state index contributed by atoms with van der Waals surface area (Å²) in [6.45, 7) is 4.67. The molecule has 0 bridgehead atoms. The molecule has 1 aliphatic heterocycles. The van der Waals surface area contributed by atoms with Crippen molar-refractivity contribution in [1.29, 1.82) is 0 Å². The minimum atomic E-state index is -4.81. The highest BCUT2D eigenvalue weighted by Gasteiger charge is 2.31. The number of anilines is 1. The van der Waals surface area contributed by atoms with E-state index in [0.29, 0.717) is 38.2 Å². The van der Waals surface area contributed by atoms with Crippen molar-refractivity contribution in [3.63, 3.8) is 0 Å². The molecule has 0 atom stereocenters. The summed E-state index contributed by atoms with van der Waals surface area (Å²) < 4.78 is 67.8. The van der Waals surface area contributed by atoms with Crippen LogP contribution in [0.25, 0.3) is 0 Å². The zero-order valence-corrected chi connectivity index (χ0v) is 18.0. The van der Waals surface area contributed by atoms with Crippen molar-refractivity contribution in [3.8, 4) is 5.75 Å². The van der Waals surface area contributed by atoms with E-state index < -0.39 is 22.1 Å². The number of fused-ring (bicyclic) bond motifs is 1. The van der Waals surface area contributed by atoms with Crippen LogP contribution < -0.4 is 9.64 Å². The average Bonchev–Trinajstić information content (AvgIpc) is 2.72. The first-order valence-corrected chi connectivity index (χ1v) is 11.3. The van der Waals surface area contributed by atoms with E-state index in [1.165, 1.54) is 27.4 Å². The minimum Gasteiger partial charge on any atom is -0.406 e. The molecular weight excluding hydrogens is 433 g/mol. The summed E-state index contributed by atoms with van der Waals surface area (Å²) in [6, 6.07) is 9.43. The maximum absolute atomic E-state index is 13.0. The third kappa shape index (κ3) is 5.01. The molecule has 1 heterocycles. The van der Waals surface area contributed by atoms with Crippen LogP contribution in [0.15, 0.2) is 47.4 Å². The number of carbonyl (C=O) groups excluding carboxylic acids is 1. The van der Waals surface area contributed by atoms with Crippen molar-refractivity contribution in [1.82, 2.24) is 4.31 Å².